The Hall–Kier alpha value is -2.96. The molecule has 0 saturated carbocycles. The van der Waals surface area contributed by atoms with E-state index in [-0.39, 0.29) is 17.3 Å². The van der Waals surface area contributed by atoms with Gasteiger partial charge in [0.15, 0.2) is 9.84 Å². The van der Waals surface area contributed by atoms with Crippen LogP contribution in [0.15, 0.2) is 84.0 Å². The number of hydrogen-bond acceptors (Lipinski definition) is 4. The van der Waals surface area contributed by atoms with Gasteiger partial charge in [-0.1, -0.05) is 47.5 Å². The van der Waals surface area contributed by atoms with E-state index in [4.69, 9.17) is 11.6 Å². The van der Waals surface area contributed by atoms with Crippen molar-refractivity contribution in [3.63, 3.8) is 0 Å². The molecule has 1 aromatic heterocycles. The van der Waals surface area contributed by atoms with Gasteiger partial charge in [-0.2, -0.15) is 0 Å². The highest BCUT2D eigenvalue weighted by atomic mass is 35.5. The number of halogens is 1. The predicted molar refractivity (Wildman–Crippen MR) is 119 cm³/mol. The molecule has 3 rings (SSSR count). The summed E-state index contributed by atoms with van der Waals surface area (Å²) in [5.74, 6) is -0.379. The molecule has 154 valence electrons. The molecule has 0 saturated heterocycles. The van der Waals surface area contributed by atoms with Crippen molar-refractivity contribution in [2.45, 2.75) is 17.1 Å². The molecule has 1 atom stereocenters. The van der Waals surface area contributed by atoms with Crippen LogP contribution in [0.25, 0.3) is 6.08 Å². The van der Waals surface area contributed by atoms with Crippen molar-refractivity contribution >= 4 is 33.4 Å². The van der Waals surface area contributed by atoms with Crippen LogP contribution in [0.2, 0.25) is 5.02 Å². The lowest BCUT2D eigenvalue weighted by Crippen LogP contribution is -2.31. The largest absolute Gasteiger partial charge is 0.351 e. The Bertz CT molecular complexity index is 1130. The minimum absolute atomic E-state index is 0.0896. The smallest absolute Gasteiger partial charge is 0.244 e. The first-order chi connectivity index (χ1) is 14.4. The van der Waals surface area contributed by atoms with Gasteiger partial charge < -0.3 is 5.32 Å². The minimum Gasteiger partial charge on any atom is -0.351 e. The zero-order valence-electron chi connectivity index (χ0n) is 16.3. The fourth-order valence-electron chi connectivity index (χ4n) is 2.86. The van der Waals surface area contributed by atoms with Gasteiger partial charge in [0.2, 0.25) is 5.91 Å². The van der Waals surface area contributed by atoms with E-state index in [1.165, 1.54) is 36.5 Å². The van der Waals surface area contributed by atoms with Gasteiger partial charge >= 0.3 is 0 Å². The SMILES string of the molecule is Cc1ccc(/C=C/C(=O)NCC(c2cccnc2)S(=O)(=O)c2ccc(Cl)cc2)cc1. The molecular formula is C23H21ClN2O3S. The lowest BCUT2D eigenvalue weighted by Gasteiger charge is -2.18. The average molecular weight is 441 g/mol. The van der Waals surface area contributed by atoms with Crippen molar-refractivity contribution in [3.8, 4) is 0 Å². The Labute approximate surface area is 181 Å². The number of carbonyl (C=O) groups is 1. The lowest BCUT2D eigenvalue weighted by atomic mass is 10.1. The summed E-state index contributed by atoms with van der Waals surface area (Å²) >= 11 is 5.89. The lowest BCUT2D eigenvalue weighted by molar-refractivity contribution is -0.116. The monoisotopic (exact) mass is 440 g/mol. The Balaban J connectivity index is 1.79. The summed E-state index contributed by atoms with van der Waals surface area (Å²) in [6.45, 7) is 1.90. The average Bonchev–Trinajstić information content (AvgIpc) is 2.74. The first-order valence-electron chi connectivity index (χ1n) is 9.28. The Morgan fingerprint density at radius 3 is 2.43 bits per heavy atom. The number of amides is 1. The van der Waals surface area contributed by atoms with Crippen molar-refractivity contribution in [3.05, 3.63) is 101 Å². The molecule has 0 aliphatic heterocycles. The molecule has 1 amide bonds. The zero-order valence-corrected chi connectivity index (χ0v) is 17.9. The molecule has 30 heavy (non-hydrogen) atoms. The maximum atomic E-state index is 13.2. The number of rotatable bonds is 7. The van der Waals surface area contributed by atoms with Gasteiger partial charge in [-0.25, -0.2) is 8.42 Å². The second-order valence-corrected chi connectivity index (χ2v) is 9.33. The number of pyridine rings is 1. The van der Waals surface area contributed by atoms with Gasteiger partial charge in [0.1, 0.15) is 5.25 Å². The number of sulfone groups is 1. The van der Waals surface area contributed by atoms with E-state index in [1.54, 1.807) is 24.4 Å². The van der Waals surface area contributed by atoms with E-state index in [0.29, 0.717) is 10.6 Å². The summed E-state index contributed by atoms with van der Waals surface area (Å²) in [6.07, 6.45) is 6.13. The number of aromatic nitrogens is 1. The summed E-state index contributed by atoms with van der Waals surface area (Å²) in [5.41, 5.74) is 2.51. The zero-order chi connectivity index (χ0) is 21.6. The Morgan fingerprint density at radius 2 is 1.80 bits per heavy atom. The number of benzene rings is 2. The number of nitrogens with one attached hydrogen (secondary N) is 1. The van der Waals surface area contributed by atoms with Crippen molar-refractivity contribution in [1.29, 1.82) is 0 Å². The standard InChI is InChI=1S/C23H21ClN2O3S/c1-17-4-6-18(7-5-17)8-13-23(27)26-16-22(19-3-2-14-25-15-19)30(28,29)21-11-9-20(24)10-12-21/h2-15,22H,16H2,1H3,(H,26,27)/b13-8+. The first-order valence-corrected chi connectivity index (χ1v) is 11.2. The second-order valence-electron chi connectivity index (χ2n) is 6.76. The van der Waals surface area contributed by atoms with Gasteiger partial charge in [0.05, 0.1) is 4.90 Å². The Kier molecular flexibility index (Phi) is 7.03. The fourth-order valence-corrected chi connectivity index (χ4v) is 4.63. The molecule has 2 aromatic carbocycles. The van der Waals surface area contributed by atoms with Crippen LogP contribution >= 0.6 is 11.6 Å². The van der Waals surface area contributed by atoms with Crippen molar-refractivity contribution in [2.75, 3.05) is 6.54 Å². The normalized spacial score (nSPS) is 12.6. The van der Waals surface area contributed by atoms with Gasteiger partial charge in [-0.3, -0.25) is 9.78 Å². The van der Waals surface area contributed by atoms with Crippen LogP contribution in [0.5, 0.6) is 0 Å². The van der Waals surface area contributed by atoms with Gasteiger partial charge in [-0.05, 0) is 54.5 Å². The van der Waals surface area contributed by atoms with Crippen molar-refractivity contribution in [2.24, 2.45) is 0 Å². The topological polar surface area (TPSA) is 76.1 Å². The third-order valence-electron chi connectivity index (χ3n) is 4.54. The molecule has 1 heterocycles. The molecule has 0 aliphatic rings. The Morgan fingerprint density at radius 1 is 1.10 bits per heavy atom. The molecule has 1 unspecified atom stereocenters. The van der Waals surface area contributed by atoms with Crippen LogP contribution < -0.4 is 5.32 Å². The summed E-state index contributed by atoms with van der Waals surface area (Å²) in [4.78, 5) is 16.5. The second kappa shape index (κ2) is 9.69. The van der Waals surface area contributed by atoms with Crippen LogP contribution in [0.1, 0.15) is 21.9 Å². The number of hydrogen-bond donors (Lipinski definition) is 1. The third-order valence-corrected chi connectivity index (χ3v) is 6.91. The third kappa shape index (κ3) is 5.55. The minimum atomic E-state index is -3.78. The van der Waals surface area contributed by atoms with Crippen molar-refractivity contribution < 1.29 is 13.2 Å². The molecule has 0 radical (unpaired) electrons. The van der Waals surface area contributed by atoms with Gasteiger partial charge in [0, 0.05) is 30.0 Å². The molecule has 0 aliphatic carbocycles. The summed E-state index contributed by atoms with van der Waals surface area (Å²) in [5, 5.41) is 2.15. The quantitative estimate of drug-likeness (QED) is 0.553. The van der Waals surface area contributed by atoms with Crippen LogP contribution in [0.3, 0.4) is 0 Å². The van der Waals surface area contributed by atoms with E-state index in [0.717, 1.165) is 11.1 Å². The van der Waals surface area contributed by atoms with Crippen molar-refractivity contribution in [1.82, 2.24) is 10.3 Å². The highest BCUT2D eigenvalue weighted by molar-refractivity contribution is 7.91. The summed E-state index contributed by atoms with van der Waals surface area (Å²) in [6, 6.07) is 17.0. The molecule has 5 nitrogen and oxygen atoms in total. The molecule has 0 spiro atoms. The summed E-state index contributed by atoms with van der Waals surface area (Å²) < 4.78 is 26.5. The fraction of sp³-hybridized carbons (Fsp3) is 0.130. The van der Waals surface area contributed by atoms with Gasteiger partial charge in [-0.15, -0.1) is 0 Å². The predicted octanol–water partition coefficient (Wildman–Crippen LogP) is 4.39. The molecule has 7 heteroatoms. The number of nitrogens with zero attached hydrogens (tertiary/aromatic N) is 1. The maximum Gasteiger partial charge on any atom is 0.244 e. The molecular weight excluding hydrogens is 420 g/mol. The number of aryl methyl sites for hydroxylation is 1. The van der Waals surface area contributed by atoms with E-state index >= 15 is 0 Å². The van der Waals surface area contributed by atoms with Crippen LogP contribution in [0, 0.1) is 6.92 Å². The number of carbonyl (C=O) groups excluding carboxylic acids is 1. The maximum absolute atomic E-state index is 13.2. The van der Waals surface area contributed by atoms with Crippen LogP contribution in [-0.2, 0) is 14.6 Å². The molecule has 0 fully saturated rings. The van der Waals surface area contributed by atoms with Crippen LogP contribution in [-0.4, -0.2) is 25.9 Å². The summed E-state index contributed by atoms with van der Waals surface area (Å²) in [7, 11) is -3.78. The highest BCUT2D eigenvalue weighted by Gasteiger charge is 2.29. The van der Waals surface area contributed by atoms with E-state index in [9.17, 15) is 13.2 Å². The van der Waals surface area contributed by atoms with E-state index < -0.39 is 15.1 Å². The molecule has 3 aromatic rings. The molecule has 0 bridgehead atoms. The van der Waals surface area contributed by atoms with E-state index in [1.807, 2.05) is 31.2 Å². The highest BCUT2D eigenvalue weighted by Crippen LogP contribution is 2.28. The first kappa shape index (κ1) is 21.7. The van der Waals surface area contributed by atoms with Crippen LogP contribution in [0.4, 0.5) is 0 Å². The van der Waals surface area contributed by atoms with E-state index in [2.05, 4.69) is 10.3 Å². The van der Waals surface area contributed by atoms with Gasteiger partial charge in [0.25, 0.3) is 0 Å². The molecule has 1 N–H and O–H groups in total.